The van der Waals surface area contributed by atoms with Gasteiger partial charge in [-0.1, -0.05) is 26.0 Å². The van der Waals surface area contributed by atoms with Crippen molar-refractivity contribution < 1.29 is 14.5 Å². The number of benzene rings is 1. The minimum absolute atomic E-state index is 0.0219. The van der Waals surface area contributed by atoms with Gasteiger partial charge < -0.3 is 15.5 Å². The summed E-state index contributed by atoms with van der Waals surface area (Å²) in [6.45, 7) is 6.91. The van der Waals surface area contributed by atoms with E-state index in [9.17, 15) is 9.59 Å². The first-order valence-electron chi connectivity index (χ1n) is 7.96. The van der Waals surface area contributed by atoms with E-state index in [1.165, 1.54) is 5.56 Å². The molecule has 1 rings (SSSR count). The van der Waals surface area contributed by atoms with Gasteiger partial charge >= 0.3 is 0 Å². The fourth-order valence-corrected chi connectivity index (χ4v) is 2.03. The molecule has 0 saturated carbocycles. The van der Waals surface area contributed by atoms with Gasteiger partial charge in [0.15, 0.2) is 12.6 Å². The number of hydrogen-bond acceptors (Lipinski definition) is 2. The van der Waals surface area contributed by atoms with Gasteiger partial charge in [0.1, 0.15) is 0 Å². The van der Waals surface area contributed by atoms with E-state index < -0.39 is 0 Å². The van der Waals surface area contributed by atoms with Crippen LogP contribution in [0.4, 0.5) is 5.69 Å². The first kappa shape index (κ1) is 18.2. The Balaban J connectivity index is 2.50. The molecule has 0 radical (unpaired) electrons. The molecule has 0 heterocycles. The zero-order valence-electron chi connectivity index (χ0n) is 14.0. The number of anilines is 1. The summed E-state index contributed by atoms with van der Waals surface area (Å²) in [6.07, 6.45) is 1.89. The Bertz CT molecular complexity index is 485. The zero-order chi connectivity index (χ0) is 16.5. The number of rotatable bonds is 8. The van der Waals surface area contributed by atoms with Gasteiger partial charge in [-0.25, -0.2) is 0 Å². The van der Waals surface area contributed by atoms with Crippen LogP contribution in [0.15, 0.2) is 24.3 Å². The monoisotopic (exact) mass is 306 g/mol. The highest BCUT2D eigenvalue weighted by molar-refractivity contribution is 5.93. The van der Waals surface area contributed by atoms with Crippen LogP contribution in [-0.4, -0.2) is 38.0 Å². The summed E-state index contributed by atoms with van der Waals surface area (Å²) >= 11 is 0. The molecule has 0 saturated heterocycles. The summed E-state index contributed by atoms with van der Waals surface area (Å²) < 4.78 is 0. The lowest BCUT2D eigenvalue weighted by atomic mass is 10.1. The lowest BCUT2D eigenvalue weighted by Crippen LogP contribution is -3.15. The highest BCUT2D eigenvalue weighted by atomic mass is 16.2. The predicted molar refractivity (Wildman–Crippen MR) is 89.0 cm³/mol. The van der Waals surface area contributed by atoms with Crippen molar-refractivity contribution in [3.8, 4) is 0 Å². The summed E-state index contributed by atoms with van der Waals surface area (Å²) in [5.74, 6) is -0.101. The molecule has 2 amide bonds. The van der Waals surface area contributed by atoms with Crippen molar-refractivity contribution in [2.45, 2.75) is 39.7 Å². The summed E-state index contributed by atoms with van der Waals surface area (Å²) in [6, 6.07) is 7.54. The molecule has 0 bridgehead atoms. The number of amides is 2. The van der Waals surface area contributed by atoms with E-state index in [0.717, 1.165) is 23.4 Å². The minimum Gasteiger partial charge on any atom is -0.351 e. The predicted octanol–water partition coefficient (Wildman–Crippen LogP) is 0.617. The smallest absolute Gasteiger partial charge is 0.282 e. The summed E-state index contributed by atoms with van der Waals surface area (Å²) in [7, 11) is 1.86. The number of carbonyl (C=O) groups excluding carboxylic acids is 2. The Hall–Kier alpha value is -1.88. The van der Waals surface area contributed by atoms with Gasteiger partial charge in [0, 0.05) is 12.2 Å². The van der Waals surface area contributed by atoms with Crippen LogP contribution in [-0.2, 0) is 16.0 Å². The SMILES string of the molecule is CCCNC(=O)C[NH+](C)[C@@H](C)C(=O)Nc1ccc(CC)cc1. The number of quaternary nitrogens is 1. The van der Waals surface area contributed by atoms with Gasteiger partial charge in [0.05, 0.1) is 7.05 Å². The maximum absolute atomic E-state index is 12.2. The standard InChI is InChI=1S/C17H27N3O2/c1-5-11-18-16(21)12-20(4)13(3)17(22)19-15-9-7-14(6-2)8-10-15/h7-10,13H,5-6,11-12H2,1-4H3,(H,18,21)(H,19,22)/p+1/t13-/m0/s1. The molecule has 1 aromatic carbocycles. The first-order valence-corrected chi connectivity index (χ1v) is 7.96. The van der Waals surface area contributed by atoms with E-state index in [2.05, 4.69) is 17.6 Å². The number of hydrogen-bond donors (Lipinski definition) is 3. The topological polar surface area (TPSA) is 62.6 Å². The number of carbonyl (C=O) groups is 2. The normalized spacial score (nSPS) is 13.3. The van der Waals surface area contributed by atoms with Crippen molar-refractivity contribution in [1.82, 2.24) is 5.32 Å². The molecule has 5 nitrogen and oxygen atoms in total. The van der Waals surface area contributed by atoms with Crippen molar-refractivity contribution >= 4 is 17.5 Å². The van der Waals surface area contributed by atoms with Crippen LogP contribution in [0.2, 0.25) is 0 Å². The zero-order valence-corrected chi connectivity index (χ0v) is 14.0. The van der Waals surface area contributed by atoms with Crippen LogP contribution >= 0.6 is 0 Å². The fraction of sp³-hybridized carbons (Fsp3) is 0.529. The molecule has 0 aliphatic rings. The Morgan fingerprint density at radius 2 is 1.82 bits per heavy atom. The quantitative estimate of drug-likeness (QED) is 0.659. The van der Waals surface area contributed by atoms with Crippen molar-refractivity contribution in [3.05, 3.63) is 29.8 Å². The van der Waals surface area contributed by atoms with Gasteiger partial charge in [-0.2, -0.15) is 0 Å². The summed E-state index contributed by atoms with van der Waals surface area (Å²) in [5.41, 5.74) is 2.03. The van der Waals surface area contributed by atoms with E-state index in [-0.39, 0.29) is 17.9 Å². The third-order valence-electron chi connectivity index (χ3n) is 3.77. The third-order valence-corrected chi connectivity index (χ3v) is 3.77. The van der Waals surface area contributed by atoms with Crippen LogP contribution in [0, 0.1) is 0 Å². The largest absolute Gasteiger partial charge is 0.351 e. The van der Waals surface area contributed by atoms with Crippen LogP contribution in [0.25, 0.3) is 0 Å². The number of aryl methyl sites for hydroxylation is 1. The van der Waals surface area contributed by atoms with Crippen molar-refractivity contribution in [2.75, 3.05) is 25.5 Å². The van der Waals surface area contributed by atoms with Crippen molar-refractivity contribution in [1.29, 1.82) is 0 Å². The number of likely N-dealkylation sites (N-methyl/N-ethyl adjacent to an activating group) is 1. The second kappa shape index (κ2) is 9.20. The molecule has 1 unspecified atom stereocenters. The van der Waals surface area contributed by atoms with Crippen LogP contribution < -0.4 is 15.5 Å². The van der Waals surface area contributed by atoms with E-state index in [4.69, 9.17) is 0 Å². The molecule has 0 fully saturated rings. The van der Waals surface area contributed by atoms with Gasteiger partial charge in [0.25, 0.3) is 11.8 Å². The molecule has 122 valence electrons. The molecule has 0 spiro atoms. The average molecular weight is 306 g/mol. The van der Waals surface area contributed by atoms with Gasteiger partial charge in [0.2, 0.25) is 0 Å². The Kier molecular flexibility index (Phi) is 7.60. The molecule has 1 aromatic rings. The number of nitrogens with one attached hydrogen (secondary N) is 3. The second-order valence-corrected chi connectivity index (χ2v) is 5.63. The summed E-state index contributed by atoms with van der Waals surface area (Å²) in [4.78, 5) is 24.8. The van der Waals surface area contributed by atoms with E-state index in [1.54, 1.807) is 0 Å². The average Bonchev–Trinajstić information content (AvgIpc) is 2.52. The van der Waals surface area contributed by atoms with Gasteiger partial charge in [-0.3, -0.25) is 9.59 Å². The Labute approximate surface area is 133 Å². The Morgan fingerprint density at radius 1 is 1.18 bits per heavy atom. The molecular weight excluding hydrogens is 278 g/mol. The van der Waals surface area contributed by atoms with Crippen LogP contribution in [0.3, 0.4) is 0 Å². The molecule has 3 N–H and O–H groups in total. The van der Waals surface area contributed by atoms with E-state index in [0.29, 0.717) is 13.1 Å². The van der Waals surface area contributed by atoms with Crippen LogP contribution in [0.5, 0.6) is 0 Å². The molecule has 2 atom stereocenters. The van der Waals surface area contributed by atoms with E-state index >= 15 is 0 Å². The molecule has 0 aromatic heterocycles. The van der Waals surface area contributed by atoms with Gasteiger partial charge in [-0.05, 0) is 37.5 Å². The second-order valence-electron chi connectivity index (χ2n) is 5.63. The lowest BCUT2D eigenvalue weighted by Gasteiger charge is -2.20. The molecule has 0 aliphatic carbocycles. The van der Waals surface area contributed by atoms with Crippen molar-refractivity contribution in [3.63, 3.8) is 0 Å². The highest BCUT2D eigenvalue weighted by Crippen LogP contribution is 2.09. The fourth-order valence-electron chi connectivity index (χ4n) is 2.03. The third kappa shape index (κ3) is 5.85. The maximum Gasteiger partial charge on any atom is 0.282 e. The highest BCUT2D eigenvalue weighted by Gasteiger charge is 2.23. The first-order chi connectivity index (χ1) is 10.5. The summed E-state index contributed by atoms with van der Waals surface area (Å²) in [5, 5.41) is 5.73. The molecule has 0 aliphatic heterocycles. The Morgan fingerprint density at radius 3 is 2.36 bits per heavy atom. The molecular formula is C17H28N3O2+. The van der Waals surface area contributed by atoms with Gasteiger partial charge in [-0.15, -0.1) is 0 Å². The van der Waals surface area contributed by atoms with E-state index in [1.807, 2.05) is 45.2 Å². The minimum atomic E-state index is -0.293. The van der Waals surface area contributed by atoms with Crippen molar-refractivity contribution in [2.24, 2.45) is 0 Å². The van der Waals surface area contributed by atoms with Crippen LogP contribution in [0.1, 0.15) is 32.8 Å². The molecule has 22 heavy (non-hydrogen) atoms. The lowest BCUT2D eigenvalue weighted by molar-refractivity contribution is -0.885. The maximum atomic E-state index is 12.2. The molecule has 5 heteroatoms.